The lowest BCUT2D eigenvalue weighted by molar-refractivity contribution is -0.132. The number of carbonyl (C=O) groups is 1. The molecule has 0 bridgehead atoms. The molecule has 1 amide bonds. The fraction of sp³-hybridized carbons (Fsp3) is 0.467. The molecular formula is C15H19N5OS. The molecule has 6 nitrogen and oxygen atoms in total. The van der Waals surface area contributed by atoms with E-state index in [1.165, 1.54) is 17.3 Å². The maximum Gasteiger partial charge on any atom is 0.223 e. The van der Waals surface area contributed by atoms with Crippen molar-refractivity contribution >= 4 is 17.7 Å². The van der Waals surface area contributed by atoms with Crippen LogP contribution in [0.5, 0.6) is 0 Å². The zero-order valence-electron chi connectivity index (χ0n) is 12.8. The van der Waals surface area contributed by atoms with E-state index in [9.17, 15) is 4.79 Å². The van der Waals surface area contributed by atoms with E-state index >= 15 is 0 Å². The van der Waals surface area contributed by atoms with Gasteiger partial charge in [-0.15, -0.1) is 5.10 Å². The van der Waals surface area contributed by atoms with E-state index in [0.29, 0.717) is 17.5 Å². The molecule has 1 fully saturated rings. The smallest absolute Gasteiger partial charge is 0.223 e. The second-order valence-electron chi connectivity index (χ2n) is 5.55. The fourth-order valence-electron chi connectivity index (χ4n) is 2.50. The minimum Gasteiger partial charge on any atom is -0.333 e. The highest BCUT2D eigenvalue weighted by Gasteiger charge is 2.19. The maximum atomic E-state index is 11.9. The predicted octanol–water partition coefficient (Wildman–Crippen LogP) is 2.34. The van der Waals surface area contributed by atoms with Crippen molar-refractivity contribution in [1.29, 1.82) is 0 Å². The van der Waals surface area contributed by atoms with Crippen LogP contribution in [0.3, 0.4) is 0 Å². The van der Waals surface area contributed by atoms with Gasteiger partial charge < -0.3 is 4.90 Å². The highest BCUT2D eigenvalue weighted by atomic mass is 32.2. The first-order chi connectivity index (χ1) is 10.6. The highest BCUT2D eigenvalue weighted by Crippen LogP contribution is 2.23. The van der Waals surface area contributed by atoms with Crippen molar-refractivity contribution < 1.29 is 4.79 Å². The summed E-state index contributed by atoms with van der Waals surface area (Å²) in [5.74, 6) is 0.828. The number of likely N-dealkylation sites (tertiary alicyclic amines) is 1. The Balaban J connectivity index is 1.77. The molecule has 1 aliphatic heterocycles. The van der Waals surface area contributed by atoms with Gasteiger partial charge in [0, 0.05) is 13.0 Å². The number of hydrogen-bond donors (Lipinski definition) is 0. The minimum atomic E-state index is 0.226. The summed E-state index contributed by atoms with van der Waals surface area (Å²) in [4.78, 5) is 13.7. The van der Waals surface area contributed by atoms with Crippen molar-refractivity contribution in [2.75, 3.05) is 12.4 Å². The summed E-state index contributed by atoms with van der Waals surface area (Å²) in [5, 5.41) is 12.7. The van der Waals surface area contributed by atoms with E-state index < -0.39 is 0 Å². The van der Waals surface area contributed by atoms with Gasteiger partial charge >= 0.3 is 0 Å². The number of nitrogens with zero attached hydrogens (tertiary/aromatic N) is 5. The monoisotopic (exact) mass is 317 g/mol. The SMILES string of the molecule is Cc1ccc(C)c(-n2nnnc2SCN2CCCCC2=O)c1. The average Bonchev–Trinajstić information content (AvgIpc) is 2.97. The molecule has 1 aliphatic rings. The Kier molecular flexibility index (Phi) is 4.42. The molecule has 0 radical (unpaired) electrons. The molecule has 0 saturated carbocycles. The zero-order valence-corrected chi connectivity index (χ0v) is 13.6. The number of aryl methyl sites for hydroxylation is 2. The Bertz CT molecular complexity index is 684. The van der Waals surface area contributed by atoms with Gasteiger partial charge in [-0.3, -0.25) is 4.79 Å². The largest absolute Gasteiger partial charge is 0.333 e. The summed E-state index contributed by atoms with van der Waals surface area (Å²) in [7, 11) is 0. The van der Waals surface area contributed by atoms with Crippen LogP contribution < -0.4 is 0 Å². The van der Waals surface area contributed by atoms with Crippen LogP contribution in [0.2, 0.25) is 0 Å². The van der Waals surface area contributed by atoms with Gasteiger partial charge in [0.1, 0.15) is 0 Å². The fourth-order valence-corrected chi connectivity index (χ4v) is 3.40. The van der Waals surface area contributed by atoms with Gasteiger partial charge in [0.15, 0.2) is 0 Å². The number of piperidine rings is 1. The zero-order chi connectivity index (χ0) is 15.5. The van der Waals surface area contributed by atoms with Crippen LogP contribution in [0.4, 0.5) is 0 Å². The normalized spacial score (nSPS) is 15.4. The van der Waals surface area contributed by atoms with Crippen LogP contribution in [0, 0.1) is 13.8 Å². The average molecular weight is 317 g/mol. The summed E-state index contributed by atoms with van der Waals surface area (Å²) in [6, 6.07) is 6.21. The number of tetrazole rings is 1. The Morgan fingerprint density at radius 2 is 2.14 bits per heavy atom. The summed E-state index contributed by atoms with van der Waals surface area (Å²) < 4.78 is 1.75. The number of benzene rings is 1. The third-order valence-corrected chi connectivity index (χ3v) is 4.76. The van der Waals surface area contributed by atoms with Gasteiger partial charge in [0.05, 0.1) is 11.6 Å². The number of hydrogen-bond acceptors (Lipinski definition) is 5. The molecule has 0 spiro atoms. The minimum absolute atomic E-state index is 0.226. The van der Waals surface area contributed by atoms with Crippen molar-refractivity contribution in [3.63, 3.8) is 0 Å². The first kappa shape index (κ1) is 15.0. The summed E-state index contributed by atoms with van der Waals surface area (Å²) in [5.41, 5.74) is 3.27. The van der Waals surface area contributed by atoms with Crippen LogP contribution in [0.25, 0.3) is 5.69 Å². The second-order valence-corrected chi connectivity index (χ2v) is 6.46. The Hall–Kier alpha value is -1.89. The van der Waals surface area contributed by atoms with Crippen molar-refractivity contribution in [3.8, 4) is 5.69 Å². The third kappa shape index (κ3) is 3.14. The van der Waals surface area contributed by atoms with Gasteiger partial charge in [-0.2, -0.15) is 4.68 Å². The molecule has 2 aromatic rings. The van der Waals surface area contributed by atoms with E-state index in [1.54, 1.807) is 4.68 Å². The van der Waals surface area contributed by atoms with Crippen LogP contribution >= 0.6 is 11.8 Å². The molecule has 0 aliphatic carbocycles. The highest BCUT2D eigenvalue weighted by molar-refractivity contribution is 7.99. The Morgan fingerprint density at radius 3 is 2.95 bits per heavy atom. The van der Waals surface area contributed by atoms with Crippen molar-refractivity contribution in [1.82, 2.24) is 25.1 Å². The number of aromatic nitrogens is 4. The summed E-state index contributed by atoms with van der Waals surface area (Å²) in [6.07, 6.45) is 2.73. The lowest BCUT2D eigenvalue weighted by Gasteiger charge is -2.25. The maximum absolute atomic E-state index is 11.9. The quantitative estimate of drug-likeness (QED) is 0.810. The standard InChI is InChI=1S/C15H19N5OS/c1-11-6-7-12(2)13(9-11)20-15(16-17-18-20)22-10-19-8-4-3-5-14(19)21/h6-7,9H,3-5,8,10H2,1-2H3. The van der Waals surface area contributed by atoms with Crippen LogP contribution in [-0.2, 0) is 4.79 Å². The third-order valence-electron chi connectivity index (χ3n) is 3.80. The number of thioether (sulfide) groups is 1. The molecular weight excluding hydrogens is 298 g/mol. The molecule has 3 rings (SSSR count). The van der Waals surface area contributed by atoms with Gasteiger partial charge in [-0.1, -0.05) is 23.9 Å². The number of carbonyl (C=O) groups excluding carboxylic acids is 1. The first-order valence-electron chi connectivity index (χ1n) is 7.42. The lowest BCUT2D eigenvalue weighted by Crippen LogP contribution is -2.34. The van der Waals surface area contributed by atoms with Crippen LogP contribution in [0.1, 0.15) is 30.4 Å². The Morgan fingerprint density at radius 1 is 1.27 bits per heavy atom. The molecule has 0 atom stereocenters. The van der Waals surface area contributed by atoms with Crippen molar-refractivity contribution in [3.05, 3.63) is 29.3 Å². The molecule has 7 heteroatoms. The Labute approximate surface area is 133 Å². The number of rotatable bonds is 4. The predicted molar refractivity (Wildman–Crippen MR) is 84.9 cm³/mol. The molecule has 0 N–H and O–H groups in total. The molecule has 116 valence electrons. The van der Waals surface area contributed by atoms with E-state index in [1.807, 2.05) is 18.7 Å². The topological polar surface area (TPSA) is 63.9 Å². The number of amides is 1. The van der Waals surface area contributed by atoms with E-state index in [4.69, 9.17) is 0 Å². The van der Waals surface area contributed by atoms with Crippen molar-refractivity contribution in [2.45, 2.75) is 38.3 Å². The van der Waals surface area contributed by atoms with Gasteiger partial charge in [-0.25, -0.2) is 0 Å². The molecule has 1 saturated heterocycles. The summed E-state index contributed by atoms with van der Waals surface area (Å²) in [6.45, 7) is 4.92. The van der Waals surface area contributed by atoms with Crippen LogP contribution in [-0.4, -0.2) is 43.4 Å². The van der Waals surface area contributed by atoms with E-state index in [0.717, 1.165) is 30.6 Å². The van der Waals surface area contributed by atoms with Gasteiger partial charge in [0.2, 0.25) is 11.1 Å². The first-order valence-corrected chi connectivity index (χ1v) is 8.40. The van der Waals surface area contributed by atoms with E-state index in [2.05, 4.69) is 33.7 Å². The second kappa shape index (κ2) is 6.48. The van der Waals surface area contributed by atoms with Crippen molar-refractivity contribution in [2.24, 2.45) is 0 Å². The molecule has 2 heterocycles. The molecule has 1 aromatic heterocycles. The van der Waals surface area contributed by atoms with Gasteiger partial charge in [0.25, 0.3) is 0 Å². The molecule has 1 aromatic carbocycles. The van der Waals surface area contributed by atoms with Crippen LogP contribution in [0.15, 0.2) is 23.4 Å². The lowest BCUT2D eigenvalue weighted by atomic mass is 10.1. The molecule has 22 heavy (non-hydrogen) atoms. The summed E-state index contributed by atoms with van der Waals surface area (Å²) >= 11 is 1.51. The molecule has 0 unspecified atom stereocenters. The van der Waals surface area contributed by atoms with E-state index in [-0.39, 0.29) is 5.91 Å². The van der Waals surface area contributed by atoms with Gasteiger partial charge in [-0.05, 0) is 54.3 Å².